The number of phenolic OH excluding ortho intramolecular Hbond substituents is 1. The molecule has 0 radical (unpaired) electrons. The molecule has 0 saturated carbocycles. The van der Waals surface area contributed by atoms with E-state index >= 15 is 0 Å². The Morgan fingerprint density at radius 1 is 1.10 bits per heavy atom. The lowest BCUT2D eigenvalue weighted by Gasteiger charge is -2.09. The minimum Gasteiger partial charge on any atom is -0.508 e. The molecule has 0 bridgehead atoms. The maximum absolute atomic E-state index is 12.5. The minimum atomic E-state index is -3.58. The summed E-state index contributed by atoms with van der Waals surface area (Å²) in [5.41, 5.74) is 0.513. The van der Waals surface area contributed by atoms with E-state index in [2.05, 4.69) is 0 Å². The van der Waals surface area contributed by atoms with E-state index in [1.807, 2.05) is 6.92 Å². The Hall–Kier alpha value is -2.01. The summed E-state index contributed by atoms with van der Waals surface area (Å²) in [5, 5.41) is 9.36. The number of hydrogen-bond acceptors (Lipinski definition) is 4. The molecule has 5 heteroatoms. The first-order valence-electron chi connectivity index (χ1n) is 6.22. The number of hydrogen-bond donors (Lipinski definition) is 1. The summed E-state index contributed by atoms with van der Waals surface area (Å²) in [4.78, 5) is 0.397. The Bertz CT molecular complexity index is 703. The van der Waals surface area contributed by atoms with Crippen molar-refractivity contribution in [3.8, 4) is 11.5 Å². The van der Waals surface area contributed by atoms with Crippen LogP contribution in [-0.2, 0) is 9.84 Å². The van der Waals surface area contributed by atoms with Crippen molar-refractivity contribution in [2.24, 2.45) is 0 Å². The maximum Gasteiger partial charge on any atom is 0.206 e. The molecule has 0 aliphatic heterocycles. The van der Waals surface area contributed by atoms with Crippen molar-refractivity contribution in [1.82, 2.24) is 0 Å². The highest BCUT2D eigenvalue weighted by Crippen LogP contribution is 2.27. The largest absolute Gasteiger partial charge is 0.508 e. The summed E-state index contributed by atoms with van der Waals surface area (Å²) in [6, 6.07) is 10.5. The van der Waals surface area contributed by atoms with E-state index in [0.29, 0.717) is 17.9 Å². The molecule has 1 N–H and O–H groups in total. The van der Waals surface area contributed by atoms with Crippen LogP contribution in [0, 0.1) is 6.92 Å². The van der Waals surface area contributed by atoms with Gasteiger partial charge in [0.1, 0.15) is 11.5 Å². The molecular formula is C15H16O4S. The number of aromatic hydroxyl groups is 1. The Morgan fingerprint density at radius 3 is 2.30 bits per heavy atom. The van der Waals surface area contributed by atoms with Crippen LogP contribution in [0.1, 0.15) is 12.5 Å². The summed E-state index contributed by atoms with van der Waals surface area (Å²) in [5.74, 6) is 0.682. The summed E-state index contributed by atoms with van der Waals surface area (Å²) in [7, 11) is -3.58. The zero-order valence-corrected chi connectivity index (χ0v) is 12.1. The monoisotopic (exact) mass is 292 g/mol. The molecule has 0 aromatic heterocycles. The van der Waals surface area contributed by atoms with Crippen LogP contribution >= 0.6 is 0 Å². The zero-order valence-electron chi connectivity index (χ0n) is 11.3. The molecule has 0 fully saturated rings. The lowest BCUT2D eigenvalue weighted by atomic mass is 10.2. The van der Waals surface area contributed by atoms with Crippen molar-refractivity contribution < 1.29 is 18.3 Å². The van der Waals surface area contributed by atoms with Gasteiger partial charge < -0.3 is 9.84 Å². The predicted molar refractivity (Wildman–Crippen MR) is 75.9 cm³/mol. The normalized spacial score (nSPS) is 11.3. The van der Waals surface area contributed by atoms with Crippen molar-refractivity contribution in [3.63, 3.8) is 0 Å². The van der Waals surface area contributed by atoms with E-state index in [4.69, 9.17) is 4.74 Å². The summed E-state index contributed by atoms with van der Waals surface area (Å²) in [6.07, 6.45) is 0. The van der Waals surface area contributed by atoms with Gasteiger partial charge in [0.05, 0.1) is 16.4 Å². The van der Waals surface area contributed by atoms with Crippen molar-refractivity contribution in [2.45, 2.75) is 23.6 Å². The number of sulfone groups is 1. The van der Waals surface area contributed by atoms with Gasteiger partial charge in [0.15, 0.2) is 0 Å². The number of ether oxygens (including phenoxy) is 1. The molecule has 106 valence electrons. The Labute approximate surface area is 118 Å². The van der Waals surface area contributed by atoms with Crippen LogP contribution < -0.4 is 4.74 Å². The van der Waals surface area contributed by atoms with E-state index in [1.165, 1.54) is 30.3 Å². The van der Waals surface area contributed by atoms with Crippen LogP contribution in [0.25, 0.3) is 0 Å². The van der Waals surface area contributed by atoms with Gasteiger partial charge in [-0.2, -0.15) is 0 Å². The molecule has 0 unspecified atom stereocenters. The summed E-state index contributed by atoms with van der Waals surface area (Å²) < 4.78 is 30.3. The third kappa shape index (κ3) is 2.77. The van der Waals surface area contributed by atoms with Gasteiger partial charge in [0.2, 0.25) is 9.84 Å². The van der Waals surface area contributed by atoms with E-state index < -0.39 is 9.84 Å². The molecule has 2 aromatic rings. The SMILES string of the molecule is CCOc1ccc(S(=O)(=O)c2ccc(O)cc2C)cc1. The van der Waals surface area contributed by atoms with Crippen molar-refractivity contribution in [2.75, 3.05) is 6.61 Å². The van der Waals surface area contributed by atoms with Crippen LogP contribution in [-0.4, -0.2) is 20.1 Å². The summed E-state index contributed by atoms with van der Waals surface area (Å²) in [6.45, 7) is 4.05. The highest BCUT2D eigenvalue weighted by atomic mass is 32.2. The molecule has 4 nitrogen and oxygen atoms in total. The lowest BCUT2D eigenvalue weighted by Crippen LogP contribution is -2.04. The van der Waals surface area contributed by atoms with Crippen molar-refractivity contribution >= 4 is 9.84 Å². The van der Waals surface area contributed by atoms with Gasteiger partial charge in [-0.3, -0.25) is 0 Å². The number of rotatable bonds is 4. The number of phenols is 1. The van der Waals surface area contributed by atoms with Crippen molar-refractivity contribution in [3.05, 3.63) is 48.0 Å². The number of benzene rings is 2. The molecule has 2 aromatic carbocycles. The Balaban J connectivity index is 2.44. The van der Waals surface area contributed by atoms with E-state index in [9.17, 15) is 13.5 Å². The molecule has 20 heavy (non-hydrogen) atoms. The fraction of sp³-hybridized carbons (Fsp3) is 0.200. The second kappa shape index (κ2) is 5.54. The molecule has 0 amide bonds. The Kier molecular flexibility index (Phi) is 3.99. The molecule has 0 saturated heterocycles. The highest BCUT2D eigenvalue weighted by Gasteiger charge is 2.20. The van der Waals surface area contributed by atoms with Gasteiger partial charge in [-0.1, -0.05) is 0 Å². The second-order valence-corrected chi connectivity index (χ2v) is 6.28. The first kappa shape index (κ1) is 14.4. The molecule has 2 rings (SSSR count). The first-order chi connectivity index (χ1) is 9.45. The van der Waals surface area contributed by atoms with Gasteiger partial charge in [-0.05, 0) is 61.9 Å². The van der Waals surface area contributed by atoms with Gasteiger partial charge in [-0.25, -0.2) is 8.42 Å². The Morgan fingerprint density at radius 2 is 1.75 bits per heavy atom. The second-order valence-electron chi connectivity index (χ2n) is 4.36. The average molecular weight is 292 g/mol. The van der Waals surface area contributed by atoms with Crippen LogP contribution in [0.4, 0.5) is 0 Å². The molecule has 0 aliphatic rings. The van der Waals surface area contributed by atoms with Gasteiger partial charge in [-0.15, -0.1) is 0 Å². The topological polar surface area (TPSA) is 63.6 Å². The fourth-order valence-electron chi connectivity index (χ4n) is 1.94. The molecule has 0 aliphatic carbocycles. The molecule has 0 atom stereocenters. The fourth-order valence-corrected chi connectivity index (χ4v) is 3.42. The van der Waals surface area contributed by atoms with Crippen LogP contribution in [0.2, 0.25) is 0 Å². The zero-order chi connectivity index (χ0) is 14.8. The van der Waals surface area contributed by atoms with Crippen LogP contribution in [0.15, 0.2) is 52.3 Å². The number of aryl methyl sites for hydroxylation is 1. The van der Waals surface area contributed by atoms with Crippen molar-refractivity contribution in [1.29, 1.82) is 0 Å². The van der Waals surface area contributed by atoms with Crippen LogP contribution in [0.5, 0.6) is 11.5 Å². The molecule has 0 spiro atoms. The molecular weight excluding hydrogens is 276 g/mol. The standard InChI is InChI=1S/C15H16O4S/c1-3-19-13-5-7-14(8-6-13)20(17,18)15-9-4-12(16)10-11(15)2/h4-10,16H,3H2,1-2H3. The van der Waals surface area contributed by atoms with Gasteiger partial charge >= 0.3 is 0 Å². The van der Waals surface area contributed by atoms with Gasteiger partial charge in [0.25, 0.3) is 0 Å². The van der Waals surface area contributed by atoms with E-state index in [1.54, 1.807) is 19.1 Å². The third-order valence-corrected chi connectivity index (χ3v) is 4.82. The third-order valence-electron chi connectivity index (χ3n) is 2.89. The maximum atomic E-state index is 12.5. The summed E-state index contributed by atoms with van der Waals surface area (Å²) >= 11 is 0. The predicted octanol–water partition coefficient (Wildman–Crippen LogP) is 2.93. The van der Waals surface area contributed by atoms with Gasteiger partial charge in [0, 0.05) is 0 Å². The first-order valence-corrected chi connectivity index (χ1v) is 7.71. The minimum absolute atomic E-state index is 0.0492. The van der Waals surface area contributed by atoms with Crippen LogP contribution in [0.3, 0.4) is 0 Å². The van der Waals surface area contributed by atoms with E-state index in [0.717, 1.165) is 0 Å². The quantitative estimate of drug-likeness (QED) is 0.941. The average Bonchev–Trinajstić information content (AvgIpc) is 2.39. The highest BCUT2D eigenvalue weighted by molar-refractivity contribution is 7.91. The molecule has 0 heterocycles. The van der Waals surface area contributed by atoms with E-state index in [-0.39, 0.29) is 15.5 Å². The smallest absolute Gasteiger partial charge is 0.206 e. The lowest BCUT2D eigenvalue weighted by molar-refractivity contribution is 0.340.